The average molecular weight is 507 g/mol. The van der Waals surface area contributed by atoms with Crippen LogP contribution in [-0.4, -0.2) is 49.3 Å². The monoisotopic (exact) mass is 506 g/mol. The number of alkyl halides is 1. The number of halogens is 2. The summed E-state index contributed by atoms with van der Waals surface area (Å²) in [7, 11) is -2.93. The van der Waals surface area contributed by atoms with Crippen LogP contribution in [0.15, 0.2) is 39.8 Å². The fraction of sp³-hybridized carbons (Fsp3) is 0.478. The van der Waals surface area contributed by atoms with E-state index in [0.717, 1.165) is 12.8 Å². The molecule has 0 fully saturated rings. The second kappa shape index (κ2) is 9.14. The zero-order valence-electron chi connectivity index (χ0n) is 19.8. The number of carbonyl (C=O) groups excluding carboxylic acids is 1. The van der Waals surface area contributed by atoms with Crippen molar-refractivity contribution in [2.75, 3.05) is 18.7 Å². The molecule has 0 aliphatic carbocycles. The molecule has 12 heteroatoms. The zero-order chi connectivity index (χ0) is 25.4. The molecule has 3 atom stereocenters. The third-order valence-corrected chi connectivity index (χ3v) is 10.3. The molecular weight excluding hydrogens is 478 g/mol. The number of amides is 1. The van der Waals surface area contributed by atoms with E-state index in [2.05, 4.69) is 29.4 Å². The van der Waals surface area contributed by atoms with Gasteiger partial charge < -0.3 is 15.8 Å². The molecule has 4 heterocycles. The van der Waals surface area contributed by atoms with Gasteiger partial charge in [-0.2, -0.15) is 0 Å². The van der Waals surface area contributed by atoms with Crippen molar-refractivity contribution in [1.29, 1.82) is 0 Å². The van der Waals surface area contributed by atoms with E-state index in [1.54, 1.807) is 20.8 Å². The number of amidine groups is 1. The van der Waals surface area contributed by atoms with Crippen molar-refractivity contribution in [1.82, 2.24) is 9.97 Å². The normalized spacial score (nSPS) is 27.6. The van der Waals surface area contributed by atoms with Crippen molar-refractivity contribution < 1.29 is 22.5 Å². The van der Waals surface area contributed by atoms with Crippen LogP contribution in [0.1, 0.15) is 56.2 Å². The summed E-state index contributed by atoms with van der Waals surface area (Å²) in [6.45, 7) is 4.61. The minimum absolute atomic E-state index is 0.0300. The summed E-state index contributed by atoms with van der Waals surface area (Å²) in [6.07, 6.45) is 3.27. The summed E-state index contributed by atoms with van der Waals surface area (Å²) in [5.74, 6) is -0.893. The van der Waals surface area contributed by atoms with Gasteiger partial charge in [-0.3, -0.25) is 9.79 Å². The van der Waals surface area contributed by atoms with Gasteiger partial charge in [0.25, 0.3) is 5.91 Å². The lowest BCUT2D eigenvalue weighted by Gasteiger charge is -2.45. The summed E-state index contributed by atoms with van der Waals surface area (Å²) in [6, 6.07) is 5.26. The summed E-state index contributed by atoms with van der Waals surface area (Å²) < 4.78 is 50.1. The molecule has 188 valence electrons. The highest BCUT2D eigenvalue weighted by atomic mass is 32.2. The van der Waals surface area contributed by atoms with Crippen molar-refractivity contribution in [3.05, 3.63) is 47.7 Å². The first-order valence-electron chi connectivity index (χ1n) is 11.2. The Morgan fingerprint density at radius 3 is 2.71 bits per heavy atom. The lowest BCUT2D eigenvalue weighted by Crippen LogP contribution is -2.59. The fourth-order valence-corrected chi connectivity index (χ4v) is 7.75. The number of aromatic nitrogens is 2. The molecule has 4 rings (SSSR count). The highest BCUT2D eigenvalue weighted by Crippen LogP contribution is 2.46. The van der Waals surface area contributed by atoms with Crippen molar-refractivity contribution in [3.63, 3.8) is 0 Å². The lowest BCUT2D eigenvalue weighted by molar-refractivity contribution is 0.102. The second-order valence-corrected chi connectivity index (χ2v) is 12.2. The molecule has 2 aromatic heterocycles. The number of nitrogens with one attached hydrogen (secondary N) is 1. The molecule has 2 aliphatic rings. The van der Waals surface area contributed by atoms with Crippen LogP contribution in [0, 0.1) is 5.82 Å². The van der Waals surface area contributed by atoms with E-state index in [-0.39, 0.29) is 28.8 Å². The van der Waals surface area contributed by atoms with E-state index in [1.807, 2.05) is 0 Å². The van der Waals surface area contributed by atoms with Gasteiger partial charge in [0.1, 0.15) is 44.9 Å². The van der Waals surface area contributed by atoms with Crippen LogP contribution < -0.4 is 15.8 Å². The van der Waals surface area contributed by atoms with Gasteiger partial charge in [0.05, 0.1) is 21.2 Å². The standard InChI is InChI=1S/C23H28F2N6O3S/c1-22(2)21(26)31-23(3,17-6-4-5-11-28-35(17,22)33)19-15(25)8-10-18(29-19)30-20(32)16-9-7-14(12-27-16)34-13-24/h7-10,12,17H,4-6,11,13H2,1-3H3,(H2,26,31)(H,29,30,32)/t17-,23-,35+/m0/s1. The van der Waals surface area contributed by atoms with Crippen LogP contribution in [-0.2, 0) is 15.3 Å². The van der Waals surface area contributed by atoms with E-state index >= 15 is 4.39 Å². The largest absolute Gasteiger partial charge is 0.461 e. The van der Waals surface area contributed by atoms with Gasteiger partial charge in [-0.25, -0.2) is 27.3 Å². The van der Waals surface area contributed by atoms with Gasteiger partial charge in [0, 0.05) is 6.54 Å². The predicted molar refractivity (Wildman–Crippen MR) is 129 cm³/mol. The van der Waals surface area contributed by atoms with Gasteiger partial charge in [-0.15, -0.1) is 0 Å². The van der Waals surface area contributed by atoms with Crippen LogP contribution in [0.25, 0.3) is 0 Å². The van der Waals surface area contributed by atoms with Crippen molar-refractivity contribution in [3.8, 4) is 5.75 Å². The van der Waals surface area contributed by atoms with Gasteiger partial charge in [0.15, 0.2) is 0 Å². The topological polar surface area (TPSA) is 132 Å². The van der Waals surface area contributed by atoms with Crippen molar-refractivity contribution in [2.45, 2.75) is 55.6 Å². The maximum absolute atomic E-state index is 15.2. The smallest absolute Gasteiger partial charge is 0.275 e. The Hall–Kier alpha value is -3.15. The van der Waals surface area contributed by atoms with E-state index in [4.69, 9.17) is 5.73 Å². The molecule has 3 N–H and O–H groups in total. The van der Waals surface area contributed by atoms with Crippen LogP contribution >= 0.6 is 0 Å². The highest BCUT2D eigenvalue weighted by Gasteiger charge is 2.56. The van der Waals surface area contributed by atoms with Crippen LogP contribution in [0.4, 0.5) is 14.6 Å². The number of ether oxygens (including phenoxy) is 1. The molecule has 0 saturated carbocycles. The molecule has 0 radical (unpaired) electrons. The van der Waals surface area contributed by atoms with E-state index < -0.39 is 43.8 Å². The van der Waals surface area contributed by atoms with Crippen molar-refractivity contribution in [2.24, 2.45) is 15.1 Å². The number of anilines is 1. The first kappa shape index (κ1) is 25.0. The molecule has 35 heavy (non-hydrogen) atoms. The Balaban J connectivity index is 1.73. The van der Waals surface area contributed by atoms with Crippen molar-refractivity contribution >= 4 is 27.3 Å². The van der Waals surface area contributed by atoms with Crippen LogP contribution in [0.2, 0.25) is 0 Å². The quantitative estimate of drug-likeness (QED) is 0.637. The second-order valence-electron chi connectivity index (χ2n) is 9.17. The average Bonchev–Trinajstić information content (AvgIpc) is 3.03. The molecule has 2 aliphatic heterocycles. The van der Waals surface area contributed by atoms with Crippen LogP contribution in [0.3, 0.4) is 0 Å². The maximum Gasteiger partial charge on any atom is 0.275 e. The Labute approximate surface area is 202 Å². The number of hydrogen-bond acceptors (Lipinski definition) is 8. The summed E-state index contributed by atoms with van der Waals surface area (Å²) in [5.41, 5.74) is 4.91. The third-order valence-electron chi connectivity index (χ3n) is 6.63. The summed E-state index contributed by atoms with van der Waals surface area (Å²) >= 11 is 0. The SMILES string of the molecule is CC1(C)C(N)=N[C@](C)(c2nc(NC(=O)c3ccc(OCF)cn3)ccc2F)[C@@H]2CCCCN=[S@@]21=O. The molecule has 2 aromatic rings. The molecule has 0 aromatic carbocycles. The number of nitrogens with two attached hydrogens (primary N) is 1. The number of rotatable bonds is 5. The van der Waals surface area contributed by atoms with Crippen LogP contribution in [0.5, 0.6) is 5.75 Å². The number of carbonyl (C=O) groups is 1. The molecule has 0 bridgehead atoms. The number of fused-ring (bicyclic) bond motifs is 1. The first-order valence-corrected chi connectivity index (χ1v) is 12.8. The number of hydrogen-bond donors (Lipinski definition) is 2. The van der Waals surface area contributed by atoms with Gasteiger partial charge in [-0.05, 0) is 57.9 Å². The molecule has 0 unspecified atom stereocenters. The third kappa shape index (κ3) is 4.24. The molecule has 0 saturated heterocycles. The minimum atomic E-state index is -2.93. The Morgan fingerprint density at radius 2 is 2.03 bits per heavy atom. The molecular formula is C23H28F2N6O3S. The fourth-order valence-electron chi connectivity index (χ4n) is 4.52. The zero-order valence-corrected chi connectivity index (χ0v) is 20.6. The Kier molecular flexibility index (Phi) is 6.52. The Morgan fingerprint density at radius 1 is 1.26 bits per heavy atom. The first-order chi connectivity index (χ1) is 16.5. The van der Waals surface area contributed by atoms with E-state index in [9.17, 15) is 13.4 Å². The molecule has 9 nitrogen and oxygen atoms in total. The minimum Gasteiger partial charge on any atom is -0.461 e. The number of nitrogens with zero attached hydrogens (tertiary/aromatic N) is 4. The lowest BCUT2D eigenvalue weighted by atomic mass is 9.88. The molecule has 0 spiro atoms. The van der Waals surface area contributed by atoms with Gasteiger partial charge >= 0.3 is 0 Å². The number of aliphatic imine (C=N–C) groups is 1. The van der Waals surface area contributed by atoms with Gasteiger partial charge in [0.2, 0.25) is 6.86 Å². The van der Waals surface area contributed by atoms with Gasteiger partial charge in [-0.1, -0.05) is 6.42 Å². The maximum atomic E-state index is 15.2. The van der Waals surface area contributed by atoms with E-state index in [0.29, 0.717) is 13.0 Å². The van der Waals surface area contributed by atoms with E-state index in [1.165, 1.54) is 30.5 Å². The molecule has 1 amide bonds. The number of pyridine rings is 2. The summed E-state index contributed by atoms with van der Waals surface area (Å²) in [4.78, 5) is 25.6. The predicted octanol–water partition coefficient (Wildman–Crippen LogP) is 3.56. The highest BCUT2D eigenvalue weighted by molar-refractivity contribution is 7.96. The Bertz CT molecular complexity index is 1290. The summed E-state index contributed by atoms with van der Waals surface area (Å²) in [5, 5.41) is 1.97.